The van der Waals surface area contributed by atoms with Crippen LogP contribution in [0, 0.1) is 5.41 Å². The van der Waals surface area contributed by atoms with E-state index in [2.05, 4.69) is 20.1 Å². The molecule has 1 aromatic rings. The summed E-state index contributed by atoms with van der Waals surface area (Å²) in [5.74, 6) is -1.69. The molecule has 0 bridgehead atoms. The van der Waals surface area contributed by atoms with Gasteiger partial charge in [-0.05, 0) is 13.0 Å². The highest BCUT2D eigenvalue weighted by Gasteiger charge is 2.48. The molecule has 2 N–H and O–H groups in total. The van der Waals surface area contributed by atoms with Gasteiger partial charge in [0, 0.05) is 29.9 Å². The Balaban J connectivity index is 1.94. The summed E-state index contributed by atoms with van der Waals surface area (Å²) in [5, 5.41) is 5.06. The molecule has 1 aliphatic heterocycles. The lowest BCUT2D eigenvalue weighted by Crippen LogP contribution is -2.51. The first-order valence-corrected chi connectivity index (χ1v) is 11.2. The van der Waals surface area contributed by atoms with Crippen LogP contribution in [0.2, 0.25) is 0 Å². The van der Waals surface area contributed by atoms with E-state index in [-0.39, 0.29) is 26.2 Å². The van der Waals surface area contributed by atoms with E-state index >= 15 is 0 Å². The fourth-order valence-corrected chi connectivity index (χ4v) is 4.58. The van der Waals surface area contributed by atoms with Crippen LogP contribution in [0.1, 0.15) is 32.8 Å². The Labute approximate surface area is 180 Å². The van der Waals surface area contributed by atoms with Gasteiger partial charge in [-0.25, -0.2) is 9.65 Å². The van der Waals surface area contributed by atoms with E-state index in [9.17, 15) is 18.9 Å². The molecular formula is C19H28N3O8P. The van der Waals surface area contributed by atoms with E-state index in [1.165, 1.54) is 14.0 Å². The fourth-order valence-electron chi connectivity index (χ4n) is 2.64. The molecule has 0 radical (unpaired) electrons. The number of aromatic nitrogens is 1. The average molecular weight is 457 g/mol. The van der Waals surface area contributed by atoms with Crippen LogP contribution in [-0.2, 0) is 44.1 Å². The van der Waals surface area contributed by atoms with Crippen molar-refractivity contribution in [1.82, 2.24) is 15.4 Å². The zero-order valence-electron chi connectivity index (χ0n) is 18.0. The minimum absolute atomic E-state index is 0.00294. The van der Waals surface area contributed by atoms with Gasteiger partial charge in [0.15, 0.2) is 6.10 Å². The van der Waals surface area contributed by atoms with Gasteiger partial charge in [0.2, 0.25) is 5.91 Å². The van der Waals surface area contributed by atoms with Gasteiger partial charge in [0.25, 0.3) is 0 Å². The summed E-state index contributed by atoms with van der Waals surface area (Å²) in [7, 11) is -2.73. The van der Waals surface area contributed by atoms with Crippen molar-refractivity contribution in [2.24, 2.45) is 5.41 Å². The van der Waals surface area contributed by atoms with Gasteiger partial charge in [0.05, 0.1) is 20.1 Å². The second-order valence-electron chi connectivity index (χ2n) is 7.68. The van der Waals surface area contributed by atoms with Crippen LogP contribution in [-0.4, -0.2) is 55.2 Å². The van der Waals surface area contributed by atoms with Gasteiger partial charge < -0.3 is 14.8 Å². The summed E-state index contributed by atoms with van der Waals surface area (Å²) in [6.07, 6.45) is 2.02. The van der Waals surface area contributed by atoms with Gasteiger partial charge in [-0.3, -0.25) is 28.4 Å². The third-order valence-corrected chi connectivity index (χ3v) is 6.12. The number of rotatable bonds is 9. The van der Waals surface area contributed by atoms with Gasteiger partial charge in [0.1, 0.15) is 12.6 Å². The number of esters is 2. The number of carbonyl (C=O) groups excluding carboxylic acids is 3. The standard InChI is InChI=1S/C19H28N3O8P/c1-13(18(25)28-11-14-6-5-8-20-10-14)22-31(26)29-12-19(2,3)16(30-31)17(24)21-9-7-15(23)27-4/h5-6,8,10,13,16H,7,9,11-12H2,1-4H3,(H,21,24)(H,22,26)/t13-,16+,31?/m1/s1. The minimum Gasteiger partial charge on any atom is -0.469 e. The van der Waals surface area contributed by atoms with E-state index in [0.29, 0.717) is 5.56 Å². The molecule has 11 nitrogen and oxygen atoms in total. The molecule has 0 saturated carbocycles. The second kappa shape index (κ2) is 10.8. The van der Waals surface area contributed by atoms with Crippen LogP contribution >= 0.6 is 7.75 Å². The number of amides is 1. The van der Waals surface area contributed by atoms with Gasteiger partial charge in [-0.15, -0.1) is 0 Å². The lowest BCUT2D eigenvalue weighted by molar-refractivity contribution is -0.147. The maximum absolute atomic E-state index is 13.0. The highest BCUT2D eigenvalue weighted by molar-refractivity contribution is 7.51. The predicted octanol–water partition coefficient (Wildman–Crippen LogP) is 1.33. The van der Waals surface area contributed by atoms with E-state index in [0.717, 1.165) is 0 Å². The van der Waals surface area contributed by atoms with Gasteiger partial charge >= 0.3 is 19.7 Å². The number of nitrogens with one attached hydrogen (secondary N) is 2. The number of ether oxygens (including phenoxy) is 2. The van der Waals surface area contributed by atoms with Crippen molar-refractivity contribution < 1.29 is 37.5 Å². The maximum atomic E-state index is 13.0. The van der Waals surface area contributed by atoms with Crippen LogP contribution < -0.4 is 10.4 Å². The largest absolute Gasteiger partial charge is 0.469 e. The quantitative estimate of drug-likeness (QED) is 0.412. The molecule has 1 amide bonds. The number of hydrogen-bond donors (Lipinski definition) is 2. The Kier molecular flexibility index (Phi) is 8.69. The highest BCUT2D eigenvalue weighted by atomic mass is 31.2. The third kappa shape index (κ3) is 7.39. The van der Waals surface area contributed by atoms with Crippen LogP contribution in [0.3, 0.4) is 0 Å². The molecule has 1 aliphatic rings. The fraction of sp³-hybridized carbons (Fsp3) is 0.579. The molecule has 31 heavy (non-hydrogen) atoms. The Bertz CT molecular complexity index is 833. The molecule has 0 aliphatic carbocycles. The molecule has 1 unspecified atom stereocenters. The summed E-state index contributed by atoms with van der Waals surface area (Å²) >= 11 is 0. The molecular weight excluding hydrogens is 429 g/mol. The topological polar surface area (TPSA) is 142 Å². The number of nitrogens with zero attached hydrogens (tertiary/aromatic N) is 1. The monoisotopic (exact) mass is 457 g/mol. The second-order valence-corrected chi connectivity index (χ2v) is 9.40. The van der Waals surface area contributed by atoms with Crippen molar-refractivity contribution in [2.75, 3.05) is 20.3 Å². The zero-order valence-corrected chi connectivity index (χ0v) is 18.8. The smallest absolute Gasteiger partial charge is 0.407 e. The molecule has 3 atom stereocenters. The first-order valence-electron chi connectivity index (χ1n) is 9.67. The Morgan fingerprint density at radius 2 is 2.13 bits per heavy atom. The lowest BCUT2D eigenvalue weighted by atomic mass is 9.87. The Morgan fingerprint density at radius 1 is 1.39 bits per heavy atom. The van der Waals surface area contributed by atoms with Gasteiger partial charge in [-0.1, -0.05) is 19.9 Å². The number of carbonyl (C=O) groups is 3. The summed E-state index contributed by atoms with van der Waals surface area (Å²) in [6, 6.07) is 2.44. The molecule has 172 valence electrons. The van der Waals surface area contributed by atoms with E-state index in [1.807, 2.05) is 0 Å². The van der Waals surface area contributed by atoms with E-state index in [1.54, 1.807) is 38.4 Å². The van der Waals surface area contributed by atoms with E-state index < -0.39 is 43.2 Å². The summed E-state index contributed by atoms with van der Waals surface area (Å²) in [6.45, 7) is 4.87. The van der Waals surface area contributed by atoms with Crippen molar-refractivity contribution in [3.63, 3.8) is 0 Å². The van der Waals surface area contributed by atoms with Crippen molar-refractivity contribution in [3.8, 4) is 0 Å². The molecule has 0 spiro atoms. The Morgan fingerprint density at radius 3 is 2.77 bits per heavy atom. The molecule has 2 heterocycles. The van der Waals surface area contributed by atoms with Gasteiger partial charge in [-0.2, -0.15) is 0 Å². The maximum Gasteiger partial charge on any atom is 0.407 e. The van der Waals surface area contributed by atoms with Crippen molar-refractivity contribution in [2.45, 2.75) is 45.9 Å². The summed E-state index contributed by atoms with van der Waals surface area (Å²) in [5.41, 5.74) is -0.0973. The van der Waals surface area contributed by atoms with Crippen LogP contribution in [0.5, 0.6) is 0 Å². The first-order chi connectivity index (χ1) is 14.6. The molecule has 0 aromatic carbocycles. The number of methoxy groups -OCH3 is 1. The molecule has 1 aromatic heterocycles. The Hall–Kier alpha value is -2.33. The SMILES string of the molecule is COC(=O)CCNC(=O)[C@@H]1OP(=O)(N[C@H](C)C(=O)OCc2cccnc2)OCC1(C)C. The van der Waals surface area contributed by atoms with Crippen LogP contribution in [0.15, 0.2) is 24.5 Å². The highest BCUT2D eigenvalue weighted by Crippen LogP contribution is 2.53. The minimum atomic E-state index is -3.98. The summed E-state index contributed by atoms with van der Waals surface area (Å²) < 4.78 is 33.6. The molecule has 1 fully saturated rings. The lowest BCUT2D eigenvalue weighted by Gasteiger charge is -2.40. The number of hydrogen-bond acceptors (Lipinski definition) is 9. The van der Waals surface area contributed by atoms with Crippen LogP contribution in [0.25, 0.3) is 0 Å². The molecule has 1 saturated heterocycles. The summed E-state index contributed by atoms with van der Waals surface area (Å²) in [4.78, 5) is 39.9. The molecule has 12 heteroatoms. The van der Waals surface area contributed by atoms with E-state index in [4.69, 9.17) is 13.8 Å². The molecule has 2 rings (SSSR count). The third-order valence-electron chi connectivity index (χ3n) is 4.46. The van der Waals surface area contributed by atoms with Crippen molar-refractivity contribution >= 4 is 25.6 Å². The first kappa shape index (κ1) is 24.9. The number of pyridine rings is 1. The van der Waals surface area contributed by atoms with Crippen molar-refractivity contribution in [1.29, 1.82) is 0 Å². The van der Waals surface area contributed by atoms with Crippen molar-refractivity contribution in [3.05, 3.63) is 30.1 Å². The predicted molar refractivity (Wildman–Crippen MR) is 108 cm³/mol. The zero-order chi connectivity index (χ0) is 23.1. The average Bonchev–Trinajstić information content (AvgIpc) is 2.74. The normalized spacial score (nSPS) is 23.4. The van der Waals surface area contributed by atoms with Crippen LogP contribution in [0.4, 0.5) is 0 Å².